The van der Waals surface area contributed by atoms with E-state index in [4.69, 9.17) is 23.2 Å². The number of rotatable bonds is 3. The van der Waals surface area contributed by atoms with Crippen molar-refractivity contribution in [1.29, 1.82) is 0 Å². The molecule has 0 spiro atoms. The molecule has 0 N–H and O–H groups in total. The Morgan fingerprint density at radius 2 is 2.00 bits per heavy atom. The number of halogens is 2. The largest absolute Gasteiger partial charge is 0.332 e. The number of hydrogen-bond donors (Lipinski definition) is 0. The molecule has 126 valence electrons. The molecule has 2 fully saturated rings. The Hall–Kier alpha value is -1.59. The third-order valence-electron chi connectivity index (χ3n) is 5.00. The zero-order chi connectivity index (χ0) is 16.8. The number of nitrogens with zero attached hydrogens (tertiary/aromatic N) is 4. The molecule has 24 heavy (non-hydrogen) atoms. The summed E-state index contributed by atoms with van der Waals surface area (Å²) in [7, 11) is 1.92. The molecule has 2 heterocycles. The van der Waals surface area contributed by atoms with Crippen LogP contribution in [0.3, 0.4) is 0 Å². The van der Waals surface area contributed by atoms with Crippen molar-refractivity contribution in [3.8, 4) is 0 Å². The van der Waals surface area contributed by atoms with E-state index in [-0.39, 0.29) is 23.8 Å². The van der Waals surface area contributed by atoms with Gasteiger partial charge in [0.25, 0.3) is 0 Å². The molecular weight excluding hydrogens is 347 g/mol. The number of benzene rings is 1. The first kappa shape index (κ1) is 15.9. The number of carbonyl (C=O) groups excluding carboxylic acids is 1. The van der Waals surface area contributed by atoms with Crippen LogP contribution in [0.25, 0.3) is 0 Å². The van der Waals surface area contributed by atoms with Gasteiger partial charge in [0.05, 0.1) is 6.04 Å². The lowest BCUT2D eigenvalue weighted by atomic mass is 10.1. The molecule has 5 nitrogen and oxygen atoms in total. The standard InChI is InChI=1S/C17H18Cl2N4O/c1-22-9-20-21-16(22)15-3-2-4-23(15)17(24)14-8-13(14)10-5-11(18)7-12(19)6-10/h5-7,9,13-15H,2-4,8H2,1H3. The Balaban J connectivity index is 1.51. The normalized spacial score (nSPS) is 26.0. The second-order valence-electron chi connectivity index (χ2n) is 6.64. The van der Waals surface area contributed by atoms with Crippen molar-refractivity contribution >= 4 is 29.1 Å². The van der Waals surface area contributed by atoms with Crippen molar-refractivity contribution < 1.29 is 4.79 Å². The second kappa shape index (κ2) is 6.05. The third-order valence-corrected chi connectivity index (χ3v) is 5.44. The number of aryl methyl sites for hydroxylation is 1. The summed E-state index contributed by atoms with van der Waals surface area (Å²) in [5.41, 5.74) is 1.06. The number of carbonyl (C=O) groups is 1. The molecule has 1 aromatic heterocycles. The maximum Gasteiger partial charge on any atom is 0.226 e. The maximum atomic E-state index is 13.0. The quantitative estimate of drug-likeness (QED) is 0.835. The number of amides is 1. The van der Waals surface area contributed by atoms with Gasteiger partial charge in [0.2, 0.25) is 5.91 Å². The fourth-order valence-electron chi connectivity index (χ4n) is 3.73. The molecule has 1 aliphatic heterocycles. The predicted octanol–water partition coefficient (Wildman–Crippen LogP) is 3.59. The number of likely N-dealkylation sites (tertiary alicyclic amines) is 1. The molecule has 1 saturated heterocycles. The molecule has 4 rings (SSSR count). The Morgan fingerprint density at radius 3 is 2.67 bits per heavy atom. The minimum absolute atomic E-state index is 0.0216. The van der Waals surface area contributed by atoms with Crippen LogP contribution >= 0.6 is 23.2 Å². The Morgan fingerprint density at radius 1 is 1.25 bits per heavy atom. The highest BCUT2D eigenvalue weighted by molar-refractivity contribution is 6.34. The van der Waals surface area contributed by atoms with E-state index in [1.165, 1.54) is 0 Å². The van der Waals surface area contributed by atoms with Crippen LogP contribution in [-0.4, -0.2) is 32.1 Å². The molecule has 3 unspecified atom stereocenters. The third kappa shape index (κ3) is 2.80. The molecule has 1 aromatic carbocycles. The lowest BCUT2D eigenvalue weighted by molar-refractivity contribution is -0.133. The molecule has 1 saturated carbocycles. The van der Waals surface area contributed by atoms with E-state index in [1.807, 2.05) is 28.6 Å². The molecule has 7 heteroatoms. The smallest absolute Gasteiger partial charge is 0.226 e. The summed E-state index contributed by atoms with van der Waals surface area (Å²) in [6.07, 6.45) is 4.49. The number of hydrogen-bond acceptors (Lipinski definition) is 3. The van der Waals surface area contributed by atoms with E-state index in [1.54, 1.807) is 12.4 Å². The zero-order valence-corrected chi connectivity index (χ0v) is 14.8. The van der Waals surface area contributed by atoms with E-state index in [9.17, 15) is 4.79 Å². The van der Waals surface area contributed by atoms with Crippen molar-refractivity contribution in [2.75, 3.05) is 6.54 Å². The summed E-state index contributed by atoms with van der Waals surface area (Å²) in [5, 5.41) is 9.38. The van der Waals surface area contributed by atoms with Crippen molar-refractivity contribution in [3.05, 3.63) is 46.0 Å². The molecule has 1 amide bonds. The van der Waals surface area contributed by atoms with Gasteiger partial charge in [0.1, 0.15) is 6.33 Å². The van der Waals surface area contributed by atoms with Crippen LogP contribution in [0.15, 0.2) is 24.5 Å². The Labute approximate surface area is 150 Å². The molecular formula is C17H18Cl2N4O. The minimum Gasteiger partial charge on any atom is -0.332 e. The van der Waals surface area contributed by atoms with Gasteiger partial charge in [0, 0.05) is 29.6 Å². The first-order valence-electron chi connectivity index (χ1n) is 8.15. The van der Waals surface area contributed by atoms with Crippen molar-refractivity contribution in [2.45, 2.75) is 31.2 Å². The number of aromatic nitrogens is 3. The monoisotopic (exact) mass is 364 g/mol. The summed E-state index contributed by atoms with van der Waals surface area (Å²) in [6.45, 7) is 0.788. The molecule has 1 aliphatic carbocycles. The van der Waals surface area contributed by atoms with Gasteiger partial charge in [-0.3, -0.25) is 4.79 Å². The summed E-state index contributed by atoms with van der Waals surface area (Å²) in [5.74, 6) is 1.31. The predicted molar refractivity (Wildman–Crippen MR) is 92.0 cm³/mol. The average Bonchev–Trinajstić information content (AvgIpc) is 2.99. The van der Waals surface area contributed by atoms with Gasteiger partial charge in [-0.05, 0) is 48.9 Å². The first-order valence-corrected chi connectivity index (χ1v) is 8.90. The van der Waals surface area contributed by atoms with Gasteiger partial charge in [-0.25, -0.2) is 0 Å². The molecule has 2 aromatic rings. The van der Waals surface area contributed by atoms with Gasteiger partial charge in [-0.2, -0.15) is 0 Å². The van der Waals surface area contributed by atoms with Crippen LogP contribution in [0.2, 0.25) is 10.0 Å². The molecule has 0 radical (unpaired) electrons. The van der Waals surface area contributed by atoms with Crippen molar-refractivity contribution in [1.82, 2.24) is 19.7 Å². The lowest BCUT2D eigenvalue weighted by Gasteiger charge is -2.24. The topological polar surface area (TPSA) is 51.0 Å². The van der Waals surface area contributed by atoms with E-state index < -0.39 is 0 Å². The van der Waals surface area contributed by atoms with Crippen molar-refractivity contribution in [3.63, 3.8) is 0 Å². The summed E-state index contributed by atoms with van der Waals surface area (Å²) >= 11 is 12.2. The van der Waals surface area contributed by atoms with E-state index in [0.29, 0.717) is 10.0 Å². The van der Waals surface area contributed by atoms with Gasteiger partial charge in [0.15, 0.2) is 5.82 Å². The summed E-state index contributed by atoms with van der Waals surface area (Å²) in [4.78, 5) is 15.0. The fourth-order valence-corrected chi connectivity index (χ4v) is 4.27. The van der Waals surface area contributed by atoms with Gasteiger partial charge >= 0.3 is 0 Å². The Kier molecular flexibility index (Phi) is 4.01. The van der Waals surface area contributed by atoms with Crippen LogP contribution in [0.5, 0.6) is 0 Å². The second-order valence-corrected chi connectivity index (χ2v) is 7.51. The van der Waals surface area contributed by atoms with Crippen LogP contribution in [-0.2, 0) is 11.8 Å². The average molecular weight is 365 g/mol. The lowest BCUT2D eigenvalue weighted by Crippen LogP contribution is -2.33. The summed E-state index contributed by atoms with van der Waals surface area (Å²) < 4.78 is 1.90. The highest BCUT2D eigenvalue weighted by Crippen LogP contribution is 2.50. The summed E-state index contributed by atoms with van der Waals surface area (Å²) in [6, 6.07) is 5.58. The van der Waals surface area contributed by atoms with Crippen LogP contribution in [0, 0.1) is 5.92 Å². The highest BCUT2D eigenvalue weighted by atomic mass is 35.5. The van der Waals surface area contributed by atoms with Gasteiger partial charge in [-0.15, -0.1) is 10.2 Å². The highest BCUT2D eigenvalue weighted by Gasteiger charge is 2.48. The zero-order valence-electron chi connectivity index (χ0n) is 13.3. The molecule has 2 aliphatic rings. The Bertz CT molecular complexity index is 770. The van der Waals surface area contributed by atoms with Crippen LogP contribution < -0.4 is 0 Å². The van der Waals surface area contributed by atoms with E-state index in [0.717, 1.165) is 37.2 Å². The fraction of sp³-hybridized carbons (Fsp3) is 0.471. The first-order chi connectivity index (χ1) is 11.5. The van der Waals surface area contributed by atoms with Gasteiger partial charge < -0.3 is 9.47 Å². The molecule has 3 atom stereocenters. The van der Waals surface area contributed by atoms with E-state index in [2.05, 4.69) is 10.2 Å². The van der Waals surface area contributed by atoms with E-state index >= 15 is 0 Å². The van der Waals surface area contributed by atoms with Crippen molar-refractivity contribution in [2.24, 2.45) is 13.0 Å². The van der Waals surface area contributed by atoms with Crippen LogP contribution in [0.4, 0.5) is 0 Å². The van der Waals surface area contributed by atoms with Gasteiger partial charge in [-0.1, -0.05) is 23.2 Å². The van der Waals surface area contributed by atoms with Crippen LogP contribution in [0.1, 0.15) is 42.6 Å². The molecule has 0 bridgehead atoms. The minimum atomic E-state index is 0.0216. The maximum absolute atomic E-state index is 13.0. The SMILES string of the molecule is Cn1cnnc1C1CCCN1C(=O)C1CC1c1cc(Cl)cc(Cl)c1.